The zero-order valence-corrected chi connectivity index (χ0v) is 9.59. The van der Waals surface area contributed by atoms with Crippen LogP contribution in [0.3, 0.4) is 0 Å². The summed E-state index contributed by atoms with van der Waals surface area (Å²) >= 11 is 0. The summed E-state index contributed by atoms with van der Waals surface area (Å²) in [5.74, 6) is 0.766. The van der Waals surface area contributed by atoms with Gasteiger partial charge in [0.25, 0.3) is 0 Å². The van der Waals surface area contributed by atoms with Crippen molar-refractivity contribution in [3.63, 3.8) is 0 Å². The minimum Gasteiger partial charge on any atom is -0.330 e. The van der Waals surface area contributed by atoms with Gasteiger partial charge in [0.05, 0.1) is 5.75 Å². The molecule has 0 saturated carbocycles. The molecule has 1 fully saturated rings. The van der Waals surface area contributed by atoms with Crippen molar-refractivity contribution in [1.29, 1.82) is 0 Å². The highest BCUT2D eigenvalue weighted by Crippen LogP contribution is 2.22. The topological polar surface area (TPSA) is 63.4 Å². The third-order valence-electron chi connectivity index (χ3n) is 2.83. The van der Waals surface area contributed by atoms with Gasteiger partial charge in [-0.1, -0.05) is 13.3 Å². The average Bonchev–Trinajstić information content (AvgIpc) is 2.63. The van der Waals surface area contributed by atoms with Gasteiger partial charge in [0.15, 0.2) is 0 Å². The molecule has 5 heteroatoms. The van der Waals surface area contributed by atoms with Crippen LogP contribution >= 0.6 is 0 Å². The molecule has 0 spiro atoms. The van der Waals surface area contributed by atoms with Crippen molar-refractivity contribution in [3.8, 4) is 0 Å². The van der Waals surface area contributed by atoms with E-state index in [0.717, 1.165) is 12.8 Å². The van der Waals surface area contributed by atoms with Gasteiger partial charge in [0.2, 0.25) is 10.0 Å². The van der Waals surface area contributed by atoms with E-state index in [0.29, 0.717) is 32.0 Å². The molecule has 0 aromatic heterocycles. The molecule has 1 rings (SSSR count). The van der Waals surface area contributed by atoms with Gasteiger partial charge in [-0.2, -0.15) is 0 Å². The highest BCUT2D eigenvalue weighted by atomic mass is 32.2. The Balaban J connectivity index is 2.49. The molecular weight excluding hydrogens is 200 g/mol. The second kappa shape index (κ2) is 5.09. The third-order valence-corrected chi connectivity index (χ3v) is 4.75. The Hall–Kier alpha value is -0.130. The maximum atomic E-state index is 11.7. The van der Waals surface area contributed by atoms with Crippen molar-refractivity contribution >= 4 is 10.0 Å². The Morgan fingerprint density at radius 3 is 2.71 bits per heavy atom. The van der Waals surface area contributed by atoms with Crippen molar-refractivity contribution < 1.29 is 8.42 Å². The zero-order chi connectivity index (χ0) is 10.6. The zero-order valence-electron chi connectivity index (χ0n) is 8.78. The average molecular weight is 220 g/mol. The molecule has 1 atom stereocenters. The summed E-state index contributed by atoms with van der Waals surface area (Å²) in [6, 6.07) is 0. The lowest BCUT2D eigenvalue weighted by molar-refractivity contribution is 0.452. The number of rotatable bonds is 5. The first kappa shape index (κ1) is 11.9. The van der Waals surface area contributed by atoms with Gasteiger partial charge in [0, 0.05) is 13.1 Å². The Bertz CT molecular complexity index is 264. The van der Waals surface area contributed by atoms with Gasteiger partial charge in [0.1, 0.15) is 0 Å². The van der Waals surface area contributed by atoms with Crippen molar-refractivity contribution in [2.75, 3.05) is 25.4 Å². The highest BCUT2D eigenvalue weighted by molar-refractivity contribution is 7.89. The van der Waals surface area contributed by atoms with Crippen LogP contribution < -0.4 is 5.73 Å². The molecule has 1 aliphatic rings. The van der Waals surface area contributed by atoms with Crippen LogP contribution in [0.1, 0.15) is 26.2 Å². The normalized spacial score (nSPS) is 24.3. The lowest BCUT2D eigenvalue weighted by Crippen LogP contribution is -2.31. The van der Waals surface area contributed by atoms with E-state index in [2.05, 4.69) is 6.92 Å². The van der Waals surface area contributed by atoms with Crippen LogP contribution in [0.4, 0.5) is 0 Å². The molecule has 0 amide bonds. The fraction of sp³-hybridized carbons (Fsp3) is 1.00. The SMILES string of the molecule is CCC1CCN(S(=O)(=O)CCCN)C1. The molecule has 4 nitrogen and oxygen atoms in total. The molecule has 1 saturated heterocycles. The van der Waals surface area contributed by atoms with E-state index in [1.54, 1.807) is 4.31 Å². The maximum Gasteiger partial charge on any atom is 0.214 e. The summed E-state index contributed by atoms with van der Waals surface area (Å²) in [6.45, 7) is 3.97. The predicted molar refractivity (Wildman–Crippen MR) is 57.4 cm³/mol. The van der Waals surface area contributed by atoms with Gasteiger partial charge in [-0.15, -0.1) is 0 Å². The van der Waals surface area contributed by atoms with Crippen LogP contribution in [0.2, 0.25) is 0 Å². The van der Waals surface area contributed by atoms with Gasteiger partial charge in [-0.05, 0) is 25.3 Å². The molecule has 0 bridgehead atoms. The van der Waals surface area contributed by atoms with Gasteiger partial charge >= 0.3 is 0 Å². The number of hydrogen-bond donors (Lipinski definition) is 1. The first-order valence-corrected chi connectivity index (χ1v) is 6.89. The number of sulfonamides is 1. The lowest BCUT2D eigenvalue weighted by atomic mass is 10.1. The second-order valence-corrected chi connectivity index (χ2v) is 5.97. The van der Waals surface area contributed by atoms with Crippen molar-refractivity contribution in [3.05, 3.63) is 0 Å². The minimum atomic E-state index is -3.01. The van der Waals surface area contributed by atoms with Crippen LogP contribution in [-0.2, 0) is 10.0 Å². The van der Waals surface area contributed by atoms with Gasteiger partial charge < -0.3 is 5.73 Å². The molecule has 0 radical (unpaired) electrons. The summed E-state index contributed by atoms with van der Waals surface area (Å²) in [6.07, 6.45) is 2.65. The second-order valence-electron chi connectivity index (χ2n) is 3.88. The lowest BCUT2D eigenvalue weighted by Gasteiger charge is -2.15. The van der Waals surface area contributed by atoms with E-state index in [4.69, 9.17) is 5.73 Å². The van der Waals surface area contributed by atoms with E-state index in [9.17, 15) is 8.42 Å². The van der Waals surface area contributed by atoms with E-state index in [-0.39, 0.29) is 5.75 Å². The minimum absolute atomic E-state index is 0.208. The fourth-order valence-corrected chi connectivity index (χ4v) is 3.39. The van der Waals surface area contributed by atoms with Crippen LogP contribution in [0.25, 0.3) is 0 Å². The smallest absolute Gasteiger partial charge is 0.214 e. The molecule has 0 aromatic rings. The molecule has 14 heavy (non-hydrogen) atoms. The highest BCUT2D eigenvalue weighted by Gasteiger charge is 2.29. The summed E-state index contributed by atoms with van der Waals surface area (Å²) < 4.78 is 25.1. The summed E-state index contributed by atoms with van der Waals surface area (Å²) in [4.78, 5) is 0. The van der Waals surface area contributed by atoms with E-state index >= 15 is 0 Å². The molecule has 1 unspecified atom stereocenters. The Morgan fingerprint density at radius 2 is 2.21 bits per heavy atom. The predicted octanol–water partition coefficient (Wildman–Crippen LogP) is 0.397. The van der Waals surface area contributed by atoms with E-state index in [1.807, 2.05) is 0 Å². The van der Waals surface area contributed by atoms with Crippen LogP contribution in [-0.4, -0.2) is 38.1 Å². The van der Waals surface area contributed by atoms with E-state index in [1.165, 1.54) is 0 Å². The molecule has 0 aliphatic carbocycles. The molecule has 84 valence electrons. The quantitative estimate of drug-likeness (QED) is 0.729. The fourth-order valence-electron chi connectivity index (χ4n) is 1.78. The van der Waals surface area contributed by atoms with E-state index < -0.39 is 10.0 Å². The molecule has 1 heterocycles. The third kappa shape index (κ3) is 2.93. The Kier molecular flexibility index (Phi) is 4.34. The number of nitrogens with zero attached hydrogens (tertiary/aromatic N) is 1. The van der Waals surface area contributed by atoms with Crippen LogP contribution in [0.5, 0.6) is 0 Å². The Labute approximate surface area is 86.5 Å². The standard InChI is InChI=1S/C9H20N2O2S/c1-2-9-4-6-11(8-9)14(12,13)7-3-5-10/h9H,2-8,10H2,1H3. The number of nitrogens with two attached hydrogens (primary N) is 1. The molecule has 1 aliphatic heterocycles. The van der Waals surface area contributed by atoms with Crippen molar-refractivity contribution in [1.82, 2.24) is 4.31 Å². The summed E-state index contributed by atoms with van der Waals surface area (Å²) in [5, 5.41) is 0. The maximum absolute atomic E-state index is 11.7. The Morgan fingerprint density at radius 1 is 1.50 bits per heavy atom. The van der Waals surface area contributed by atoms with Crippen molar-refractivity contribution in [2.45, 2.75) is 26.2 Å². The van der Waals surface area contributed by atoms with Crippen molar-refractivity contribution in [2.24, 2.45) is 11.7 Å². The van der Waals surface area contributed by atoms with Crippen LogP contribution in [0, 0.1) is 5.92 Å². The van der Waals surface area contributed by atoms with Gasteiger partial charge in [-0.3, -0.25) is 0 Å². The van der Waals surface area contributed by atoms with Crippen LogP contribution in [0.15, 0.2) is 0 Å². The monoisotopic (exact) mass is 220 g/mol. The largest absolute Gasteiger partial charge is 0.330 e. The summed E-state index contributed by atoms with van der Waals surface area (Å²) in [7, 11) is -3.01. The summed E-state index contributed by atoms with van der Waals surface area (Å²) in [5.41, 5.74) is 5.30. The first-order valence-electron chi connectivity index (χ1n) is 5.28. The number of hydrogen-bond acceptors (Lipinski definition) is 3. The first-order chi connectivity index (χ1) is 6.60. The molecular formula is C9H20N2O2S. The van der Waals surface area contributed by atoms with Gasteiger partial charge in [-0.25, -0.2) is 12.7 Å². The molecule has 0 aromatic carbocycles. The molecule has 2 N–H and O–H groups in total.